The fraction of sp³-hybridized carbons (Fsp3) is 0.800. The molecule has 1 aliphatic heterocycles. The van der Waals surface area contributed by atoms with E-state index in [9.17, 15) is 38.7 Å². The molecule has 1 aliphatic rings. The summed E-state index contributed by atoms with van der Waals surface area (Å²) < 4.78 is 47.4. The highest BCUT2D eigenvalue weighted by molar-refractivity contribution is 7.80. The van der Waals surface area contributed by atoms with Crippen molar-refractivity contribution in [1.82, 2.24) is 5.32 Å². The Morgan fingerprint density at radius 1 is 0.678 bits per heavy atom. The Morgan fingerprint density at radius 3 is 1.68 bits per heavy atom. The van der Waals surface area contributed by atoms with Gasteiger partial charge < -0.3 is 40.3 Å². The Morgan fingerprint density at radius 2 is 1.15 bits per heavy atom. The van der Waals surface area contributed by atoms with E-state index in [1.807, 2.05) is 0 Å². The van der Waals surface area contributed by atoms with Gasteiger partial charge in [0.1, 0.15) is 30.5 Å². The molecule has 0 aromatic heterocycles. The second-order valence-corrected chi connectivity index (χ2v) is 16.8. The summed E-state index contributed by atoms with van der Waals surface area (Å²) in [5.41, 5.74) is 0. The number of aliphatic hydroxyl groups is 5. The van der Waals surface area contributed by atoms with E-state index < -0.39 is 78.5 Å². The average Bonchev–Trinajstić information content (AvgIpc) is 3.20. The lowest BCUT2D eigenvalue weighted by Gasteiger charge is -2.41. The summed E-state index contributed by atoms with van der Waals surface area (Å²) in [6.07, 6.45) is 30.8. The SMILES string of the molecule is CCCC/C=C\CCCCCC(O)C(=O)NC(COC1OC(CO)C(O)C(OS(=O)(=O)O)C1O)C(O)/C=C/CC/C=C/CC/C=C/CCCCCCCCCCCCC. The molecular formula is C45H81NO12S. The lowest BCUT2D eigenvalue weighted by atomic mass is 9.99. The summed E-state index contributed by atoms with van der Waals surface area (Å²) >= 11 is 0. The molecule has 0 spiro atoms. The number of rotatable bonds is 37. The summed E-state index contributed by atoms with van der Waals surface area (Å²) in [6, 6.07) is -1.15. The zero-order valence-corrected chi connectivity index (χ0v) is 37.0. The molecule has 8 unspecified atom stereocenters. The number of allylic oxidation sites excluding steroid dienone is 7. The third-order valence-electron chi connectivity index (χ3n) is 10.4. The van der Waals surface area contributed by atoms with Crippen LogP contribution in [0.4, 0.5) is 0 Å². The average molecular weight is 860 g/mol. The lowest BCUT2D eigenvalue weighted by Crippen LogP contribution is -2.61. The number of aliphatic hydroxyl groups excluding tert-OH is 5. The molecule has 0 saturated carbocycles. The molecule has 1 amide bonds. The predicted octanol–water partition coefficient (Wildman–Crippen LogP) is 7.46. The van der Waals surface area contributed by atoms with E-state index in [2.05, 4.69) is 59.8 Å². The molecule has 0 radical (unpaired) electrons. The highest BCUT2D eigenvalue weighted by atomic mass is 32.3. The molecule has 0 aromatic rings. The molecule has 59 heavy (non-hydrogen) atoms. The van der Waals surface area contributed by atoms with Crippen molar-refractivity contribution in [2.75, 3.05) is 13.2 Å². The highest BCUT2D eigenvalue weighted by Gasteiger charge is 2.48. The Labute approximate surface area is 356 Å². The van der Waals surface area contributed by atoms with Crippen LogP contribution in [0.3, 0.4) is 0 Å². The first-order chi connectivity index (χ1) is 28.4. The number of nitrogens with one attached hydrogen (secondary N) is 1. The zero-order valence-electron chi connectivity index (χ0n) is 36.2. The zero-order chi connectivity index (χ0) is 43.6. The van der Waals surface area contributed by atoms with Gasteiger partial charge in [-0.1, -0.05) is 152 Å². The van der Waals surface area contributed by atoms with Crippen LogP contribution in [0.1, 0.15) is 168 Å². The Balaban J connectivity index is 2.61. The van der Waals surface area contributed by atoms with Crippen LogP contribution in [0.2, 0.25) is 0 Å². The maximum atomic E-state index is 13.0. The van der Waals surface area contributed by atoms with Crippen molar-refractivity contribution in [3.05, 3.63) is 48.6 Å². The van der Waals surface area contributed by atoms with Gasteiger partial charge in [-0.15, -0.1) is 0 Å². The van der Waals surface area contributed by atoms with Crippen LogP contribution in [0, 0.1) is 0 Å². The Kier molecular flexibility index (Phi) is 33.2. The monoisotopic (exact) mass is 860 g/mol. The number of amides is 1. The molecule has 7 N–H and O–H groups in total. The minimum atomic E-state index is -5.12. The molecule has 0 aromatic carbocycles. The number of carbonyl (C=O) groups excluding carboxylic acids is 1. The standard InChI is InChI=1S/C45H81NO12S/c1-3-5-7-9-11-13-14-15-16-17-18-19-20-21-22-23-24-26-27-29-31-33-38(48)37(46-44(52)39(49)34-32-30-28-25-12-10-8-6-4-2)36-56-45-42(51)43(58-59(53,54)55)41(50)40(35-47)57-45/h10,12,20-21,24,26,31,33,37-43,45,47-51H,3-9,11,13-19,22-23,25,27-30,32,34-36H2,1-2H3,(H,46,52)(H,53,54,55)/b12-10-,21-20+,26-24+,33-31+. The summed E-state index contributed by atoms with van der Waals surface area (Å²) in [5, 5.41) is 55.0. The summed E-state index contributed by atoms with van der Waals surface area (Å²) in [5.74, 6) is -0.734. The van der Waals surface area contributed by atoms with Crippen LogP contribution in [-0.2, 0) is 28.9 Å². The van der Waals surface area contributed by atoms with Gasteiger partial charge in [-0.05, 0) is 64.2 Å². The molecular weight excluding hydrogens is 779 g/mol. The van der Waals surface area contributed by atoms with Crippen molar-refractivity contribution in [3.63, 3.8) is 0 Å². The smallest absolute Gasteiger partial charge is 0.394 e. The highest BCUT2D eigenvalue weighted by Crippen LogP contribution is 2.26. The van der Waals surface area contributed by atoms with E-state index in [1.165, 1.54) is 76.7 Å². The predicted molar refractivity (Wildman–Crippen MR) is 233 cm³/mol. The van der Waals surface area contributed by atoms with Gasteiger partial charge in [0.2, 0.25) is 5.91 Å². The van der Waals surface area contributed by atoms with Crippen LogP contribution in [0.5, 0.6) is 0 Å². The first-order valence-corrected chi connectivity index (χ1v) is 24.0. The molecule has 13 nitrogen and oxygen atoms in total. The van der Waals surface area contributed by atoms with E-state index >= 15 is 0 Å². The van der Waals surface area contributed by atoms with Gasteiger partial charge in [0.05, 0.1) is 25.4 Å². The maximum Gasteiger partial charge on any atom is 0.397 e. The van der Waals surface area contributed by atoms with Crippen LogP contribution in [0.25, 0.3) is 0 Å². The summed E-state index contributed by atoms with van der Waals surface area (Å²) in [4.78, 5) is 13.0. The van der Waals surface area contributed by atoms with Crippen LogP contribution >= 0.6 is 0 Å². The largest absolute Gasteiger partial charge is 0.397 e. The van der Waals surface area contributed by atoms with Gasteiger partial charge in [-0.25, -0.2) is 4.18 Å². The number of hydrogen-bond acceptors (Lipinski definition) is 11. The number of unbranched alkanes of at least 4 members (excludes halogenated alkanes) is 18. The van der Waals surface area contributed by atoms with E-state index in [-0.39, 0.29) is 6.42 Å². The fourth-order valence-electron chi connectivity index (χ4n) is 6.77. The van der Waals surface area contributed by atoms with Crippen molar-refractivity contribution in [1.29, 1.82) is 0 Å². The minimum absolute atomic E-state index is 0.210. The van der Waals surface area contributed by atoms with E-state index in [0.717, 1.165) is 64.2 Å². The third-order valence-corrected chi connectivity index (χ3v) is 10.9. The van der Waals surface area contributed by atoms with Gasteiger partial charge >= 0.3 is 10.4 Å². The van der Waals surface area contributed by atoms with Gasteiger partial charge in [-0.3, -0.25) is 9.35 Å². The third kappa shape index (κ3) is 28.3. The van der Waals surface area contributed by atoms with Crippen molar-refractivity contribution in [2.45, 2.75) is 217 Å². The lowest BCUT2D eigenvalue weighted by molar-refractivity contribution is -0.298. The van der Waals surface area contributed by atoms with E-state index in [0.29, 0.717) is 12.8 Å². The first-order valence-electron chi connectivity index (χ1n) is 22.6. The number of hydrogen-bond donors (Lipinski definition) is 7. The number of ether oxygens (including phenoxy) is 2. The normalized spacial score (nSPS) is 21.9. The van der Waals surface area contributed by atoms with Gasteiger partial charge in [0.25, 0.3) is 0 Å². The second-order valence-electron chi connectivity index (χ2n) is 15.8. The van der Waals surface area contributed by atoms with Crippen LogP contribution < -0.4 is 5.32 Å². The molecule has 0 aliphatic carbocycles. The van der Waals surface area contributed by atoms with Crippen molar-refractivity contribution < 1.29 is 57.0 Å². The molecule has 1 heterocycles. The number of carbonyl (C=O) groups is 1. The molecule has 344 valence electrons. The minimum Gasteiger partial charge on any atom is -0.394 e. The van der Waals surface area contributed by atoms with Crippen molar-refractivity contribution in [3.8, 4) is 0 Å². The molecule has 1 fully saturated rings. The van der Waals surface area contributed by atoms with Gasteiger partial charge in [-0.2, -0.15) is 8.42 Å². The van der Waals surface area contributed by atoms with E-state index in [1.54, 1.807) is 6.08 Å². The molecule has 8 atom stereocenters. The Bertz CT molecular complexity index is 1260. The first kappa shape index (κ1) is 55.0. The molecule has 1 rings (SSSR count). The molecule has 0 bridgehead atoms. The van der Waals surface area contributed by atoms with Crippen molar-refractivity contribution in [2.24, 2.45) is 0 Å². The Hall–Kier alpha value is -1.98. The quantitative estimate of drug-likeness (QED) is 0.0184. The van der Waals surface area contributed by atoms with Crippen molar-refractivity contribution >= 4 is 16.3 Å². The maximum absolute atomic E-state index is 13.0. The van der Waals surface area contributed by atoms with Gasteiger partial charge in [0.15, 0.2) is 6.29 Å². The summed E-state index contributed by atoms with van der Waals surface area (Å²) in [7, 11) is -5.12. The van der Waals surface area contributed by atoms with Crippen LogP contribution in [0.15, 0.2) is 48.6 Å². The van der Waals surface area contributed by atoms with Gasteiger partial charge in [0, 0.05) is 0 Å². The fourth-order valence-corrected chi connectivity index (χ4v) is 7.27. The van der Waals surface area contributed by atoms with E-state index in [4.69, 9.17) is 14.0 Å². The molecule has 14 heteroatoms. The second kappa shape index (κ2) is 35.6. The van der Waals surface area contributed by atoms with Crippen LogP contribution in [-0.4, -0.2) is 107 Å². The molecule has 1 saturated heterocycles. The topological polar surface area (TPSA) is 212 Å². The summed E-state index contributed by atoms with van der Waals surface area (Å²) in [6.45, 7) is 3.11.